The SMILES string of the molecule is CN(C(=O)c1cc([N+](=O)[O-])ccc1N1CCOCC1)C1CCCCCC1. The van der Waals surface area contributed by atoms with Gasteiger partial charge in [0, 0.05) is 38.3 Å². The van der Waals surface area contributed by atoms with E-state index in [9.17, 15) is 14.9 Å². The lowest BCUT2D eigenvalue weighted by Crippen LogP contribution is -2.40. The topological polar surface area (TPSA) is 75.9 Å². The number of non-ortho nitro benzene ring substituents is 1. The van der Waals surface area contributed by atoms with Gasteiger partial charge in [0.2, 0.25) is 0 Å². The van der Waals surface area contributed by atoms with Gasteiger partial charge in [-0.1, -0.05) is 25.7 Å². The summed E-state index contributed by atoms with van der Waals surface area (Å²) in [6.07, 6.45) is 6.71. The zero-order chi connectivity index (χ0) is 18.5. The van der Waals surface area contributed by atoms with E-state index in [2.05, 4.69) is 4.90 Å². The van der Waals surface area contributed by atoms with Gasteiger partial charge >= 0.3 is 0 Å². The van der Waals surface area contributed by atoms with Crippen LogP contribution in [0.15, 0.2) is 18.2 Å². The van der Waals surface area contributed by atoms with Crippen LogP contribution in [0, 0.1) is 10.1 Å². The highest BCUT2D eigenvalue weighted by molar-refractivity contribution is 6.00. The van der Waals surface area contributed by atoms with E-state index in [-0.39, 0.29) is 17.6 Å². The molecule has 142 valence electrons. The predicted molar refractivity (Wildman–Crippen MR) is 99.7 cm³/mol. The number of rotatable bonds is 4. The summed E-state index contributed by atoms with van der Waals surface area (Å²) in [6, 6.07) is 4.83. The van der Waals surface area contributed by atoms with Crippen molar-refractivity contribution >= 4 is 17.3 Å². The lowest BCUT2D eigenvalue weighted by atomic mass is 10.0. The number of anilines is 1. The first-order chi connectivity index (χ1) is 12.6. The first-order valence-electron chi connectivity index (χ1n) is 9.46. The number of hydrogen-bond donors (Lipinski definition) is 0. The third-order valence-corrected chi connectivity index (χ3v) is 5.47. The Bertz CT molecular complexity index is 650. The van der Waals surface area contributed by atoms with Crippen LogP contribution in [-0.2, 0) is 4.74 Å². The summed E-state index contributed by atoms with van der Waals surface area (Å²) in [4.78, 5) is 27.9. The van der Waals surface area contributed by atoms with E-state index in [0.29, 0.717) is 31.9 Å². The Kier molecular flexibility index (Phi) is 6.08. The Morgan fingerprint density at radius 3 is 2.46 bits per heavy atom. The highest BCUT2D eigenvalue weighted by atomic mass is 16.6. The van der Waals surface area contributed by atoms with Crippen LogP contribution in [-0.4, -0.2) is 55.1 Å². The van der Waals surface area contributed by atoms with Crippen molar-refractivity contribution in [2.24, 2.45) is 0 Å². The van der Waals surface area contributed by atoms with Crippen molar-refractivity contribution in [3.8, 4) is 0 Å². The molecule has 0 atom stereocenters. The maximum absolute atomic E-state index is 13.2. The largest absolute Gasteiger partial charge is 0.378 e. The minimum absolute atomic E-state index is 0.0420. The molecular weight excluding hydrogens is 334 g/mol. The van der Waals surface area contributed by atoms with Crippen molar-refractivity contribution in [1.82, 2.24) is 4.90 Å². The van der Waals surface area contributed by atoms with Gasteiger partial charge in [-0.25, -0.2) is 0 Å². The Hall–Kier alpha value is -2.15. The van der Waals surface area contributed by atoms with Gasteiger partial charge in [0.15, 0.2) is 0 Å². The van der Waals surface area contributed by atoms with E-state index in [1.807, 2.05) is 7.05 Å². The van der Waals surface area contributed by atoms with Gasteiger partial charge in [0.05, 0.1) is 29.4 Å². The second-order valence-electron chi connectivity index (χ2n) is 7.12. The number of nitrogens with zero attached hydrogens (tertiary/aromatic N) is 3. The summed E-state index contributed by atoms with van der Waals surface area (Å²) >= 11 is 0. The van der Waals surface area contributed by atoms with Crippen molar-refractivity contribution in [2.45, 2.75) is 44.6 Å². The average molecular weight is 361 g/mol. The number of morpholine rings is 1. The van der Waals surface area contributed by atoms with E-state index in [1.165, 1.54) is 25.0 Å². The average Bonchev–Trinajstić information content (AvgIpc) is 2.96. The van der Waals surface area contributed by atoms with E-state index in [4.69, 9.17) is 4.74 Å². The molecule has 1 aromatic carbocycles. The van der Waals surface area contributed by atoms with Crippen LogP contribution < -0.4 is 4.90 Å². The van der Waals surface area contributed by atoms with Crippen molar-refractivity contribution in [3.63, 3.8) is 0 Å². The summed E-state index contributed by atoms with van der Waals surface area (Å²) in [5, 5.41) is 11.2. The molecular formula is C19H27N3O4. The molecule has 1 aliphatic carbocycles. The minimum atomic E-state index is -0.439. The summed E-state index contributed by atoms with van der Waals surface area (Å²) in [6.45, 7) is 2.57. The number of carbonyl (C=O) groups is 1. The number of amides is 1. The molecule has 0 spiro atoms. The second-order valence-corrected chi connectivity index (χ2v) is 7.12. The van der Waals surface area contributed by atoms with Crippen molar-refractivity contribution < 1.29 is 14.5 Å². The zero-order valence-corrected chi connectivity index (χ0v) is 15.4. The molecule has 0 unspecified atom stereocenters. The van der Waals surface area contributed by atoms with Crippen LogP contribution in [0.25, 0.3) is 0 Å². The van der Waals surface area contributed by atoms with Crippen LogP contribution in [0.5, 0.6) is 0 Å². The first-order valence-corrected chi connectivity index (χ1v) is 9.46. The normalized spacial score (nSPS) is 19.0. The highest BCUT2D eigenvalue weighted by Crippen LogP contribution is 2.29. The van der Waals surface area contributed by atoms with Crippen LogP contribution >= 0.6 is 0 Å². The molecule has 0 N–H and O–H groups in total. The molecule has 1 aliphatic heterocycles. The van der Waals surface area contributed by atoms with Gasteiger partial charge in [-0.05, 0) is 18.9 Å². The number of nitro groups is 1. The molecule has 1 aromatic rings. The van der Waals surface area contributed by atoms with Crippen LogP contribution in [0.3, 0.4) is 0 Å². The molecule has 7 nitrogen and oxygen atoms in total. The molecule has 1 amide bonds. The van der Waals surface area contributed by atoms with E-state index < -0.39 is 4.92 Å². The lowest BCUT2D eigenvalue weighted by molar-refractivity contribution is -0.384. The molecule has 0 radical (unpaired) electrons. The predicted octanol–water partition coefficient (Wildman–Crippen LogP) is 3.23. The minimum Gasteiger partial charge on any atom is -0.378 e. The second kappa shape index (κ2) is 8.49. The summed E-state index contributed by atoms with van der Waals surface area (Å²) < 4.78 is 5.39. The summed E-state index contributed by atoms with van der Waals surface area (Å²) in [5.41, 5.74) is 1.15. The van der Waals surface area contributed by atoms with Gasteiger partial charge < -0.3 is 14.5 Å². The molecule has 1 saturated carbocycles. The molecule has 7 heteroatoms. The van der Waals surface area contributed by atoms with Crippen molar-refractivity contribution in [2.75, 3.05) is 38.3 Å². The Balaban J connectivity index is 1.90. The number of benzene rings is 1. The number of carbonyl (C=O) groups excluding carboxylic acids is 1. The summed E-state index contributed by atoms with van der Waals surface area (Å²) in [5.74, 6) is -0.123. The molecule has 26 heavy (non-hydrogen) atoms. The molecule has 1 saturated heterocycles. The monoisotopic (exact) mass is 361 g/mol. The van der Waals surface area contributed by atoms with Gasteiger partial charge in [-0.15, -0.1) is 0 Å². The number of ether oxygens (including phenoxy) is 1. The lowest BCUT2D eigenvalue weighted by Gasteiger charge is -2.32. The van der Waals surface area contributed by atoms with Crippen LogP contribution in [0.2, 0.25) is 0 Å². The van der Waals surface area contributed by atoms with Gasteiger partial charge in [0.1, 0.15) is 0 Å². The third-order valence-electron chi connectivity index (χ3n) is 5.47. The smallest absolute Gasteiger partial charge is 0.270 e. The summed E-state index contributed by atoms with van der Waals surface area (Å²) in [7, 11) is 1.83. The Morgan fingerprint density at radius 2 is 1.85 bits per heavy atom. The van der Waals surface area contributed by atoms with Crippen LogP contribution in [0.1, 0.15) is 48.9 Å². The molecule has 2 fully saturated rings. The third kappa shape index (κ3) is 4.15. The van der Waals surface area contributed by atoms with Crippen molar-refractivity contribution in [3.05, 3.63) is 33.9 Å². The fourth-order valence-electron chi connectivity index (χ4n) is 3.89. The standard InChI is InChI=1S/C19H27N3O4/c1-20(15-6-4-2-3-5-7-15)19(23)17-14-16(22(24)25)8-9-18(17)21-10-12-26-13-11-21/h8-9,14-15H,2-7,10-13H2,1H3. The highest BCUT2D eigenvalue weighted by Gasteiger charge is 2.27. The molecule has 2 aliphatic rings. The Morgan fingerprint density at radius 1 is 1.19 bits per heavy atom. The van der Waals surface area contributed by atoms with Gasteiger partial charge in [-0.3, -0.25) is 14.9 Å². The molecule has 3 rings (SSSR count). The number of nitro benzene ring substituents is 1. The van der Waals surface area contributed by atoms with Crippen molar-refractivity contribution in [1.29, 1.82) is 0 Å². The van der Waals surface area contributed by atoms with E-state index in [1.54, 1.807) is 11.0 Å². The molecule has 0 bridgehead atoms. The quantitative estimate of drug-likeness (QED) is 0.467. The fraction of sp³-hybridized carbons (Fsp3) is 0.632. The maximum atomic E-state index is 13.2. The van der Waals surface area contributed by atoms with Gasteiger partial charge in [-0.2, -0.15) is 0 Å². The van der Waals surface area contributed by atoms with Crippen LogP contribution in [0.4, 0.5) is 11.4 Å². The van der Waals surface area contributed by atoms with Gasteiger partial charge in [0.25, 0.3) is 11.6 Å². The zero-order valence-electron chi connectivity index (χ0n) is 15.4. The Labute approximate surface area is 154 Å². The first kappa shape index (κ1) is 18.6. The number of hydrogen-bond acceptors (Lipinski definition) is 5. The van der Waals surface area contributed by atoms with E-state index >= 15 is 0 Å². The molecule has 1 heterocycles. The maximum Gasteiger partial charge on any atom is 0.270 e. The molecule has 0 aromatic heterocycles. The fourth-order valence-corrected chi connectivity index (χ4v) is 3.89. The van der Waals surface area contributed by atoms with E-state index in [0.717, 1.165) is 31.4 Å².